The smallest absolute Gasteiger partial charge is 0.140 e. The Bertz CT molecular complexity index is 321. The molecule has 2 atom stereocenters. The highest BCUT2D eigenvalue weighted by Crippen LogP contribution is 2.70. The fourth-order valence-corrected chi connectivity index (χ4v) is 3.19. The molecule has 2 saturated carbocycles. The Hall–Kier alpha value is -0.770. The van der Waals surface area contributed by atoms with Crippen molar-refractivity contribution < 1.29 is 4.79 Å². The Morgan fingerprint density at radius 2 is 1.92 bits per heavy atom. The molecule has 0 unspecified atom stereocenters. The van der Waals surface area contributed by atoms with Crippen LogP contribution in [0.1, 0.15) is 40.0 Å². The summed E-state index contributed by atoms with van der Waals surface area (Å²) in [5.41, 5.74) is -0.302. The van der Waals surface area contributed by atoms with Gasteiger partial charge in [0.05, 0.1) is 0 Å². The highest BCUT2D eigenvalue weighted by Gasteiger charge is 2.69. The molecule has 2 rings (SSSR count). The number of carbonyl (C=O) groups excluding carboxylic acids is 1. The lowest BCUT2D eigenvalue weighted by atomic mass is 9.65. The van der Waals surface area contributed by atoms with Crippen LogP contribution in [-0.2, 0) is 4.79 Å². The van der Waals surface area contributed by atoms with E-state index in [-0.39, 0.29) is 16.2 Å². The average Bonchev–Trinajstić information content (AvgIpc) is 2.34. The normalized spacial score (nSPS) is 46.5. The molecule has 70 valence electrons. The Balaban J connectivity index is 2.61. The monoisotopic (exact) mass is 176 g/mol. The van der Waals surface area contributed by atoms with E-state index in [1.54, 1.807) is 0 Å². The van der Waals surface area contributed by atoms with Crippen molar-refractivity contribution in [2.24, 2.45) is 16.2 Å². The standard InChI is InChI=1S/C12H16O/c1-5-12-7-6-11(4,9(13)8-12)10(12,2)3/h1H,6-8H2,2-4H3/t11-,12+/m1/s1. The van der Waals surface area contributed by atoms with Crippen LogP contribution >= 0.6 is 0 Å². The van der Waals surface area contributed by atoms with E-state index in [1.165, 1.54) is 0 Å². The molecule has 1 nitrogen and oxygen atoms in total. The van der Waals surface area contributed by atoms with Crippen molar-refractivity contribution in [1.82, 2.24) is 0 Å². The number of terminal acetylenes is 1. The molecule has 0 aromatic rings. The molecule has 0 aromatic heterocycles. The van der Waals surface area contributed by atoms with Crippen molar-refractivity contribution in [3.05, 3.63) is 0 Å². The van der Waals surface area contributed by atoms with Gasteiger partial charge in [0.1, 0.15) is 5.78 Å². The summed E-state index contributed by atoms with van der Waals surface area (Å²) >= 11 is 0. The van der Waals surface area contributed by atoms with Crippen LogP contribution in [0.15, 0.2) is 0 Å². The zero-order chi connectivity index (χ0) is 9.91. The molecule has 2 aliphatic carbocycles. The number of Topliss-reactive ketones (excluding diaryl/α,β-unsaturated/α-hetero) is 1. The van der Waals surface area contributed by atoms with Crippen molar-refractivity contribution in [3.63, 3.8) is 0 Å². The lowest BCUT2D eigenvalue weighted by molar-refractivity contribution is -0.128. The van der Waals surface area contributed by atoms with E-state index in [0.29, 0.717) is 12.2 Å². The number of hydrogen-bond donors (Lipinski definition) is 0. The molecule has 0 spiro atoms. The molecule has 0 aromatic carbocycles. The quantitative estimate of drug-likeness (QED) is 0.518. The van der Waals surface area contributed by atoms with Crippen LogP contribution in [0.2, 0.25) is 0 Å². The van der Waals surface area contributed by atoms with Gasteiger partial charge in [-0.15, -0.1) is 6.42 Å². The Labute approximate surface area is 79.9 Å². The molecule has 0 saturated heterocycles. The lowest BCUT2D eigenvalue weighted by Gasteiger charge is -2.36. The summed E-state index contributed by atoms with van der Waals surface area (Å²) < 4.78 is 0. The Morgan fingerprint density at radius 3 is 2.15 bits per heavy atom. The third kappa shape index (κ3) is 0.655. The van der Waals surface area contributed by atoms with Gasteiger partial charge >= 0.3 is 0 Å². The summed E-state index contributed by atoms with van der Waals surface area (Å²) in [6, 6.07) is 0. The Morgan fingerprint density at radius 1 is 1.31 bits per heavy atom. The van der Waals surface area contributed by atoms with E-state index in [0.717, 1.165) is 12.8 Å². The van der Waals surface area contributed by atoms with E-state index in [9.17, 15) is 4.79 Å². The molecule has 2 bridgehead atoms. The predicted octanol–water partition coefficient (Wildman–Crippen LogP) is 2.41. The van der Waals surface area contributed by atoms with Crippen molar-refractivity contribution in [2.75, 3.05) is 0 Å². The number of fused-ring (bicyclic) bond motifs is 2. The van der Waals surface area contributed by atoms with Crippen LogP contribution in [0, 0.1) is 28.6 Å². The molecule has 0 aliphatic heterocycles. The second-order valence-corrected chi connectivity index (χ2v) is 5.28. The number of ketones is 1. The van der Waals surface area contributed by atoms with E-state index in [2.05, 4.69) is 26.7 Å². The van der Waals surface area contributed by atoms with Crippen molar-refractivity contribution >= 4 is 5.78 Å². The molecule has 2 aliphatic rings. The third-order valence-electron chi connectivity index (χ3n) is 4.98. The highest BCUT2D eigenvalue weighted by molar-refractivity contribution is 5.91. The molecule has 0 amide bonds. The van der Waals surface area contributed by atoms with Crippen LogP contribution < -0.4 is 0 Å². The summed E-state index contributed by atoms with van der Waals surface area (Å²) in [5.74, 6) is 3.27. The minimum absolute atomic E-state index is 0.00810. The molecule has 0 N–H and O–H groups in total. The van der Waals surface area contributed by atoms with Crippen molar-refractivity contribution in [3.8, 4) is 12.3 Å². The average molecular weight is 176 g/mol. The third-order valence-corrected chi connectivity index (χ3v) is 4.98. The lowest BCUT2D eigenvalue weighted by Crippen LogP contribution is -2.35. The van der Waals surface area contributed by atoms with Crippen LogP contribution in [0.5, 0.6) is 0 Å². The molecule has 0 radical (unpaired) electrons. The summed E-state index contributed by atoms with van der Waals surface area (Å²) in [7, 11) is 0. The fourth-order valence-electron chi connectivity index (χ4n) is 3.19. The van der Waals surface area contributed by atoms with Gasteiger partial charge in [0.15, 0.2) is 0 Å². The van der Waals surface area contributed by atoms with Gasteiger partial charge < -0.3 is 0 Å². The zero-order valence-corrected chi connectivity index (χ0v) is 8.61. The molecular weight excluding hydrogens is 160 g/mol. The van der Waals surface area contributed by atoms with Crippen LogP contribution in [-0.4, -0.2) is 5.78 Å². The summed E-state index contributed by atoms with van der Waals surface area (Å²) in [4.78, 5) is 11.8. The van der Waals surface area contributed by atoms with Gasteiger partial charge in [-0.3, -0.25) is 4.79 Å². The molecular formula is C12H16O. The summed E-state index contributed by atoms with van der Waals surface area (Å²) in [6.45, 7) is 6.40. The number of hydrogen-bond acceptors (Lipinski definition) is 1. The largest absolute Gasteiger partial charge is 0.299 e. The first-order chi connectivity index (χ1) is 5.90. The minimum atomic E-state index is -0.153. The van der Waals surface area contributed by atoms with Crippen LogP contribution in [0.25, 0.3) is 0 Å². The van der Waals surface area contributed by atoms with Gasteiger partial charge in [-0.05, 0) is 18.3 Å². The molecule has 1 heteroatoms. The SMILES string of the molecule is C#C[C@]12CC[C@](C)(C(=O)C1)C2(C)C. The number of carbonyl (C=O) groups is 1. The summed E-state index contributed by atoms with van der Waals surface area (Å²) in [5, 5.41) is 0. The second kappa shape index (κ2) is 2.00. The van der Waals surface area contributed by atoms with Gasteiger partial charge in [0.25, 0.3) is 0 Å². The maximum absolute atomic E-state index is 11.8. The second-order valence-electron chi connectivity index (χ2n) is 5.28. The van der Waals surface area contributed by atoms with Gasteiger partial charge in [-0.1, -0.05) is 26.7 Å². The zero-order valence-electron chi connectivity index (χ0n) is 8.61. The van der Waals surface area contributed by atoms with E-state index in [4.69, 9.17) is 6.42 Å². The summed E-state index contributed by atoms with van der Waals surface area (Å²) in [6.07, 6.45) is 8.21. The predicted molar refractivity (Wildman–Crippen MR) is 52.0 cm³/mol. The topological polar surface area (TPSA) is 17.1 Å². The van der Waals surface area contributed by atoms with Crippen LogP contribution in [0.3, 0.4) is 0 Å². The van der Waals surface area contributed by atoms with Crippen molar-refractivity contribution in [1.29, 1.82) is 0 Å². The van der Waals surface area contributed by atoms with Gasteiger partial charge in [0, 0.05) is 17.3 Å². The first kappa shape index (κ1) is 8.81. The first-order valence-corrected chi connectivity index (χ1v) is 4.91. The maximum atomic E-state index is 11.8. The minimum Gasteiger partial charge on any atom is -0.299 e. The number of rotatable bonds is 0. The molecule has 2 fully saturated rings. The molecule has 13 heavy (non-hydrogen) atoms. The van der Waals surface area contributed by atoms with Crippen molar-refractivity contribution in [2.45, 2.75) is 40.0 Å². The van der Waals surface area contributed by atoms with Gasteiger partial charge in [-0.25, -0.2) is 0 Å². The first-order valence-electron chi connectivity index (χ1n) is 4.91. The van der Waals surface area contributed by atoms with Gasteiger partial charge in [0.2, 0.25) is 0 Å². The van der Waals surface area contributed by atoms with E-state index in [1.807, 2.05) is 0 Å². The Kier molecular flexibility index (Phi) is 1.36. The fraction of sp³-hybridized carbons (Fsp3) is 0.750. The maximum Gasteiger partial charge on any atom is 0.140 e. The molecule has 0 heterocycles. The van der Waals surface area contributed by atoms with Gasteiger partial charge in [-0.2, -0.15) is 0 Å². The highest BCUT2D eigenvalue weighted by atomic mass is 16.1. The van der Waals surface area contributed by atoms with Crippen LogP contribution in [0.4, 0.5) is 0 Å². The van der Waals surface area contributed by atoms with E-state index >= 15 is 0 Å². The van der Waals surface area contributed by atoms with E-state index < -0.39 is 0 Å².